The zero-order valence-corrected chi connectivity index (χ0v) is 10.3. The summed E-state index contributed by atoms with van der Waals surface area (Å²) in [6, 6.07) is 0. The van der Waals surface area contributed by atoms with E-state index in [2.05, 4.69) is 15.9 Å². The van der Waals surface area contributed by atoms with E-state index in [0.29, 0.717) is 23.4 Å². The summed E-state index contributed by atoms with van der Waals surface area (Å²) in [5.74, 6) is 3.22. The number of ketones is 1. The van der Waals surface area contributed by atoms with Crippen molar-refractivity contribution in [3.63, 3.8) is 0 Å². The summed E-state index contributed by atoms with van der Waals surface area (Å²) in [6.07, 6.45) is 14.8. The first-order valence-corrected chi connectivity index (χ1v) is 5.95. The Bertz CT molecular complexity index is 577. The van der Waals surface area contributed by atoms with Crippen molar-refractivity contribution in [1.29, 1.82) is 0 Å². The Kier molecular flexibility index (Phi) is 3.69. The Morgan fingerprint density at radius 2 is 2.33 bits per heavy atom. The highest BCUT2D eigenvalue weighted by atomic mass is 16.1. The lowest BCUT2D eigenvalue weighted by Crippen LogP contribution is -2.14. The van der Waals surface area contributed by atoms with Crippen molar-refractivity contribution in [2.24, 2.45) is 0 Å². The molecule has 2 rings (SSSR count). The highest BCUT2D eigenvalue weighted by molar-refractivity contribution is 5.97. The third-order valence-electron chi connectivity index (χ3n) is 2.84. The first-order valence-electron chi connectivity index (χ1n) is 5.95. The lowest BCUT2D eigenvalue weighted by Gasteiger charge is -2.13. The van der Waals surface area contributed by atoms with Crippen LogP contribution in [0.1, 0.15) is 41.6 Å². The van der Waals surface area contributed by atoms with Gasteiger partial charge in [-0.2, -0.15) is 0 Å². The van der Waals surface area contributed by atoms with Gasteiger partial charge in [0.2, 0.25) is 0 Å². The largest absolute Gasteiger partial charge is 0.294 e. The molecule has 1 aliphatic rings. The Balaban J connectivity index is 2.43. The molecular weight excluding hydrogens is 224 g/mol. The molecule has 0 aromatic carbocycles. The number of fused-ring (bicyclic) bond motifs is 1. The van der Waals surface area contributed by atoms with Gasteiger partial charge < -0.3 is 0 Å². The number of carbonyl (C=O) groups excluding carboxylic acids is 1. The Morgan fingerprint density at radius 1 is 1.50 bits per heavy atom. The first kappa shape index (κ1) is 12.3. The quantitative estimate of drug-likeness (QED) is 0.587. The maximum absolute atomic E-state index is 11.7. The molecule has 1 aromatic heterocycles. The number of hydrogen-bond acceptors (Lipinski definition) is 3. The van der Waals surface area contributed by atoms with E-state index in [1.54, 1.807) is 12.3 Å². The standard InChI is InChI=1S/C15H14N2O/c1-3-5-7-11(4-2)15-16-10-12-13(17-15)8-6-9-14(12)18/h2-3,5,7,10H,6,8-9H2,1H3. The highest BCUT2D eigenvalue weighted by Crippen LogP contribution is 2.20. The van der Waals surface area contributed by atoms with E-state index < -0.39 is 0 Å². The molecule has 1 aromatic rings. The summed E-state index contributed by atoms with van der Waals surface area (Å²) in [7, 11) is 0. The van der Waals surface area contributed by atoms with Crippen LogP contribution in [0.25, 0.3) is 5.57 Å². The number of carbonyl (C=O) groups is 1. The number of rotatable bonds is 2. The molecule has 0 atom stereocenters. The average molecular weight is 238 g/mol. The Labute approximate surface area is 107 Å². The van der Waals surface area contributed by atoms with E-state index in [4.69, 9.17) is 6.42 Å². The molecule has 0 amide bonds. The van der Waals surface area contributed by atoms with Gasteiger partial charge in [0.15, 0.2) is 11.6 Å². The van der Waals surface area contributed by atoms with E-state index in [0.717, 1.165) is 18.5 Å². The fourth-order valence-electron chi connectivity index (χ4n) is 1.90. The predicted octanol–water partition coefficient (Wildman–Crippen LogP) is 2.59. The molecular formula is C15H14N2O. The topological polar surface area (TPSA) is 42.9 Å². The average Bonchev–Trinajstić information content (AvgIpc) is 2.40. The smallest absolute Gasteiger partial charge is 0.168 e. The van der Waals surface area contributed by atoms with Crippen molar-refractivity contribution in [1.82, 2.24) is 9.97 Å². The molecule has 0 bridgehead atoms. The van der Waals surface area contributed by atoms with Crippen molar-refractivity contribution in [3.8, 4) is 12.3 Å². The van der Waals surface area contributed by atoms with Crippen LogP contribution in [0.4, 0.5) is 0 Å². The van der Waals surface area contributed by atoms with E-state index >= 15 is 0 Å². The van der Waals surface area contributed by atoms with Crippen LogP contribution in [0, 0.1) is 12.3 Å². The normalized spacial score (nSPS) is 15.6. The maximum Gasteiger partial charge on any atom is 0.168 e. The zero-order chi connectivity index (χ0) is 13.0. The number of Topliss-reactive ketones (excluding diaryl/α,β-unsaturated/α-hetero) is 1. The summed E-state index contributed by atoms with van der Waals surface area (Å²) in [6.45, 7) is 1.91. The summed E-state index contributed by atoms with van der Waals surface area (Å²) < 4.78 is 0. The van der Waals surface area contributed by atoms with Crippen LogP contribution in [0.3, 0.4) is 0 Å². The third-order valence-corrected chi connectivity index (χ3v) is 2.84. The van der Waals surface area contributed by atoms with E-state index in [1.807, 2.05) is 19.1 Å². The number of nitrogens with zero attached hydrogens (tertiary/aromatic N) is 2. The van der Waals surface area contributed by atoms with Gasteiger partial charge in [0, 0.05) is 12.6 Å². The first-order chi connectivity index (χ1) is 8.76. The molecule has 0 saturated heterocycles. The molecule has 3 nitrogen and oxygen atoms in total. The molecule has 0 N–H and O–H groups in total. The molecule has 0 saturated carbocycles. The molecule has 0 spiro atoms. The minimum atomic E-state index is 0.127. The maximum atomic E-state index is 11.7. The van der Waals surface area contributed by atoms with Gasteiger partial charge in [0.05, 0.1) is 16.8 Å². The van der Waals surface area contributed by atoms with E-state index in [1.165, 1.54) is 0 Å². The Morgan fingerprint density at radius 3 is 3.06 bits per heavy atom. The number of hydrogen-bond donors (Lipinski definition) is 0. The second kappa shape index (κ2) is 5.42. The van der Waals surface area contributed by atoms with Crippen LogP contribution in [0.5, 0.6) is 0 Å². The summed E-state index contributed by atoms with van der Waals surface area (Å²) >= 11 is 0. The monoisotopic (exact) mass is 238 g/mol. The molecule has 3 heteroatoms. The fourth-order valence-corrected chi connectivity index (χ4v) is 1.90. The van der Waals surface area contributed by atoms with Crippen molar-refractivity contribution in [2.75, 3.05) is 0 Å². The summed E-state index contributed by atoms with van der Waals surface area (Å²) in [4.78, 5) is 20.3. The molecule has 0 fully saturated rings. The van der Waals surface area contributed by atoms with Gasteiger partial charge in [-0.1, -0.05) is 18.1 Å². The zero-order valence-electron chi connectivity index (χ0n) is 10.3. The molecule has 90 valence electrons. The van der Waals surface area contributed by atoms with Gasteiger partial charge >= 0.3 is 0 Å². The van der Waals surface area contributed by atoms with Gasteiger partial charge in [0.25, 0.3) is 0 Å². The van der Waals surface area contributed by atoms with Crippen molar-refractivity contribution in [2.45, 2.75) is 26.2 Å². The van der Waals surface area contributed by atoms with E-state index in [9.17, 15) is 4.79 Å². The molecule has 18 heavy (non-hydrogen) atoms. The van der Waals surface area contributed by atoms with Crippen LogP contribution in [-0.4, -0.2) is 15.8 Å². The second-order valence-corrected chi connectivity index (χ2v) is 4.08. The molecule has 1 heterocycles. The van der Waals surface area contributed by atoms with Crippen LogP contribution in [0.2, 0.25) is 0 Å². The third kappa shape index (κ3) is 2.38. The molecule has 0 radical (unpaired) electrons. The van der Waals surface area contributed by atoms with Crippen LogP contribution in [0.15, 0.2) is 24.4 Å². The predicted molar refractivity (Wildman–Crippen MR) is 70.9 cm³/mol. The number of aryl methyl sites for hydroxylation is 1. The van der Waals surface area contributed by atoms with Crippen LogP contribution in [-0.2, 0) is 6.42 Å². The highest BCUT2D eigenvalue weighted by Gasteiger charge is 2.19. The summed E-state index contributed by atoms with van der Waals surface area (Å²) in [5.41, 5.74) is 2.10. The number of allylic oxidation sites excluding steroid dienone is 4. The van der Waals surface area contributed by atoms with Gasteiger partial charge in [-0.05, 0) is 25.8 Å². The van der Waals surface area contributed by atoms with Crippen molar-refractivity contribution in [3.05, 3.63) is 41.5 Å². The van der Waals surface area contributed by atoms with Gasteiger partial charge in [-0.25, -0.2) is 9.97 Å². The SMILES string of the molecule is C#CC(=CC=CC)c1ncc2c(n1)CCCC2=O. The van der Waals surface area contributed by atoms with Crippen molar-refractivity contribution < 1.29 is 4.79 Å². The number of aromatic nitrogens is 2. The summed E-state index contributed by atoms with van der Waals surface area (Å²) in [5, 5.41) is 0. The molecule has 0 aliphatic heterocycles. The number of terminal acetylenes is 1. The van der Waals surface area contributed by atoms with Gasteiger partial charge in [0.1, 0.15) is 0 Å². The lowest BCUT2D eigenvalue weighted by molar-refractivity contribution is 0.0971. The van der Waals surface area contributed by atoms with Crippen LogP contribution < -0.4 is 0 Å². The minimum Gasteiger partial charge on any atom is -0.294 e. The fraction of sp³-hybridized carbons (Fsp3) is 0.267. The molecule has 1 aliphatic carbocycles. The second-order valence-electron chi connectivity index (χ2n) is 4.08. The van der Waals surface area contributed by atoms with Crippen LogP contribution >= 0.6 is 0 Å². The minimum absolute atomic E-state index is 0.127. The van der Waals surface area contributed by atoms with Gasteiger partial charge in [-0.3, -0.25) is 4.79 Å². The van der Waals surface area contributed by atoms with Crippen molar-refractivity contribution >= 4 is 11.4 Å². The Hall–Kier alpha value is -2.21. The lowest BCUT2D eigenvalue weighted by atomic mass is 9.96. The molecule has 0 unspecified atom stereocenters. The van der Waals surface area contributed by atoms with E-state index in [-0.39, 0.29) is 5.78 Å². The van der Waals surface area contributed by atoms with Gasteiger partial charge in [-0.15, -0.1) is 6.42 Å².